The van der Waals surface area contributed by atoms with E-state index in [2.05, 4.69) is 11.9 Å². The molecule has 0 N–H and O–H groups in total. The van der Waals surface area contributed by atoms with Crippen molar-refractivity contribution >= 4 is 33.5 Å². The van der Waals surface area contributed by atoms with Crippen molar-refractivity contribution in [1.29, 1.82) is 0 Å². The zero-order chi connectivity index (χ0) is 33.8. The number of ether oxygens (including phenoxy) is 2. The number of allylic oxidation sites excluding steroid dienone is 1. The van der Waals surface area contributed by atoms with E-state index >= 15 is 0 Å². The van der Waals surface area contributed by atoms with Gasteiger partial charge in [-0.25, -0.2) is 4.98 Å². The van der Waals surface area contributed by atoms with Crippen LogP contribution in [0.2, 0.25) is 0 Å². The molecular formula is C38H46N2O5S2. The largest absolute Gasteiger partial charge is 0.491 e. The number of carbonyl (C=O) groups is 1. The molecule has 0 saturated heterocycles. The molecule has 0 aliphatic heterocycles. The quantitative estimate of drug-likeness (QED) is 0.0794. The third kappa shape index (κ3) is 10.4. The molecule has 0 aliphatic rings. The van der Waals surface area contributed by atoms with Crippen LogP contribution in [0.5, 0.6) is 5.75 Å². The minimum atomic E-state index is -1.23. The first-order chi connectivity index (χ1) is 22.7. The normalized spacial score (nSPS) is 12.9. The molecule has 1 heterocycles. The van der Waals surface area contributed by atoms with Gasteiger partial charge in [-0.2, -0.15) is 0 Å². The highest BCUT2D eigenvalue weighted by Gasteiger charge is 2.15. The summed E-state index contributed by atoms with van der Waals surface area (Å²) in [5.74, 6) is 1.09. The van der Waals surface area contributed by atoms with Gasteiger partial charge in [0.25, 0.3) is 0 Å². The Labute approximate surface area is 284 Å². The molecule has 0 amide bonds. The Hall–Kier alpha value is -3.66. The molecule has 250 valence electrons. The fourth-order valence-corrected chi connectivity index (χ4v) is 7.28. The van der Waals surface area contributed by atoms with Crippen molar-refractivity contribution in [3.63, 3.8) is 0 Å². The fourth-order valence-electron chi connectivity index (χ4n) is 4.98. The Balaban J connectivity index is 1.42. The lowest BCUT2D eigenvalue weighted by atomic mass is 10.0. The van der Waals surface area contributed by atoms with Gasteiger partial charge in [-0.3, -0.25) is 13.2 Å². The number of imidazole rings is 1. The summed E-state index contributed by atoms with van der Waals surface area (Å²) in [6.45, 7) is 12.5. The van der Waals surface area contributed by atoms with Gasteiger partial charge in [0.15, 0.2) is 5.78 Å². The van der Waals surface area contributed by atoms with Crippen molar-refractivity contribution < 1.29 is 22.7 Å². The van der Waals surface area contributed by atoms with E-state index in [0.717, 1.165) is 65.4 Å². The first kappa shape index (κ1) is 36.2. The van der Waals surface area contributed by atoms with Crippen LogP contribution in [0.1, 0.15) is 63.1 Å². The molecule has 9 heteroatoms. The average Bonchev–Trinajstić information content (AvgIpc) is 3.43. The summed E-state index contributed by atoms with van der Waals surface area (Å²) in [5, 5.41) is -0.0680. The van der Waals surface area contributed by atoms with E-state index in [0.29, 0.717) is 28.8 Å². The average molecular weight is 675 g/mol. The Bertz CT molecular complexity index is 1690. The number of aromatic nitrogens is 2. The van der Waals surface area contributed by atoms with Crippen LogP contribution in [0.25, 0.3) is 17.2 Å². The topological polar surface area (TPSA) is 87.5 Å². The number of aryl methyl sites for hydroxylation is 2. The summed E-state index contributed by atoms with van der Waals surface area (Å²) < 4.78 is 39.6. The van der Waals surface area contributed by atoms with Crippen LogP contribution < -0.4 is 4.74 Å². The second-order valence-electron chi connectivity index (χ2n) is 11.6. The summed E-state index contributed by atoms with van der Waals surface area (Å²) in [5.41, 5.74) is 5.40. The van der Waals surface area contributed by atoms with Crippen LogP contribution in [0.4, 0.5) is 0 Å². The predicted octanol–water partition coefficient (Wildman–Crippen LogP) is 7.72. The van der Waals surface area contributed by atoms with E-state index in [1.165, 1.54) is 0 Å². The Morgan fingerprint density at radius 2 is 1.66 bits per heavy atom. The number of hydrogen-bond acceptors (Lipinski definition) is 6. The molecule has 47 heavy (non-hydrogen) atoms. The van der Waals surface area contributed by atoms with Crippen molar-refractivity contribution in [2.45, 2.75) is 81.2 Å². The standard InChI is InChI=1S/C38H46N2O5S2/c1-6-8-21-44-22-23-45-35-16-12-31(13-17-35)32-14-20-38(47(43)28(3)4)33(25-32)11-15-34(41)24-30-9-18-36(19-10-30)46(42)26-37-29(5)39-27-40(37)7-2/h9-20,25,27-28H,6-8,21-24,26H2,1-5H3/b15-11+. The summed E-state index contributed by atoms with van der Waals surface area (Å²) in [4.78, 5) is 18.8. The molecule has 0 fully saturated rings. The molecule has 4 aromatic rings. The highest BCUT2D eigenvalue weighted by molar-refractivity contribution is 7.85. The van der Waals surface area contributed by atoms with E-state index in [-0.39, 0.29) is 17.5 Å². The van der Waals surface area contributed by atoms with Gasteiger partial charge in [0, 0.05) is 34.6 Å². The van der Waals surface area contributed by atoms with E-state index in [1.807, 2.05) is 99.0 Å². The van der Waals surface area contributed by atoms with Crippen LogP contribution in [-0.4, -0.2) is 48.8 Å². The lowest BCUT2D eigenvalue weighted by Gasteiger charge is -2.12. The molecule has 0 bridgehead atoms. The zero-order valence-electron chi connectivity index (χ0n) is 28.1. The molecule has 2 unspecified atom stereocenters. The first-order valence-electron chi connectivity index (χ1n) is 16.2. The lowest BCUT2D eigenvalue weighted by molar-refractivity contribution is -0.113. The third-order valence-corrected chi connectivity index (χ3v) is 10.8. The fraction of sp³-hybridized carbons (Fsp3) is 0.368. The monoisotopic (exact) mass is 674 g/mol. The number of unbranched alkanes of at least 4 members (excludes halogenated alkanes) is 1. The Kier molecular flexibility index (Phi) is 13.9. The van der Waals surface area contributed by atoms with Gasteiger partial charge in [-0.1, -0.05) is 63.6 Å². The predicted molar refractivity (Wildman–Crippen MR) is 192 cm³/mol. The van der Waals surface area contributed by atoms with Crippen LogP contribution in [0, 0.1) is 6.92 Å². The van der Waals surface area contributed by atoms with E-state index in [9.17, 15) is 13.2 Å². The second-order valence-corrected chi connectivity index (χ2v) is 15.0. The summed E-state index contributed by atoms with van der Waals surface area (Å²) in [6, 6.07) is 21.1. The molecule has 0 aliphatic carbocycles. The van der Waals surface area contributed by atoms with Crippen molar-refractivity contribution in [2.75, 3.05) is 19.8 Å². The third-order valence-electron chi connectivity index (χ3n) is 7.76. The van der Waals surface area contributed by atoms with Crippen LogP contribution in [0.3, 0.4) is 0 Å². The molecule has 0 radical (unpaired) electrons. The van der Waals surface area contributed by atoms with Gasteiger partial charge in [0.2, 0.25) is 0 Å². The maximum absolute atomic E-state index is 13.2. The van der Waals surface area contributed by atoms with E-state index < -0.39 is 21.6 Å². The number of hydrogen-bond donors (Lipinski definition) is 0. The lowest BCUT2D eigenvalue weighted by Crippen LogP contribution is -2.07. The molecule has 2 atom stereocenters. The molecule has 0 saturated carbocycles. The molecular weight excluding hydrogens is 629 g/mol. The molecule has 4 rings (SSSR count). The maximum Gasteiger partial charge on any atom is 0.160 e. The van der Waals surface area contributed by atoms with Gasteiger partial charge in [0.1, 0.15) is 12.4 Å². The van der Waals surface area contributed by atoms with E-state index in [1.54, 1.807) is 18.5 Å². The summed E-state index contributed by atoms with van der Waals surface area (Å²) in [7, 11) is -2.45. The van der Waals surface area contributed by atoms with Crippen molar-refractivity contribution in [3.8, 4) is 16.9 Å². The smallest absolute Gasteiger partial charge is 0.160 e. The SMILES string of the molecule is CCCCOCCOc1ccc(-c2ccc(S(=O)C(C)C)c(/C=C/C(=O)Cc3ccc(S(=O)Cc4c(C)ncn4CC)cc3)c2)cc1. The highest BCUT2D eigenvalue weighted by atomic mass is 32.2. The van der Waals surface area contributed by atoms with Crippen LogP contribution in [-0.2, 0) is 49.8 Å². The van der Waals surface area contributed by atoms with Gasteiger partial charge in [-0.05, 0) is 85.0 Å². The van der Waals surface area contributed by atoms with Gasteiger partial charge < -0.3 is 14.0 Å². The van der Waals surface area contributed by atoms with Crippen molar-refractivity contribution in [1.82, 2.24) is 9.55 Å². The van der Waals surface area contributed by atoms with Crippen molar-refractivity contribution in [3.05, 3.63) is 102 Å². The molecule has 3 aromatic carbocycles. The molecule has 7 nitrogen and oxygen atoms in total. The summed E-state index contributed by atoms with van der Waals surface area (Å²) in [6.07, 6.45) is 7.47. The minimum absolute atomic E-state index is 0.0680. The number of benzene rings is 3. The van der Waals surface area contributed by atoms with Gasteiger partial charge >= 0.3 is 0 Å². The maximum atomic E-state index is 13.2. The first-order valence-corrected chi connectivity index (χ1v) is 18.8. The van der Waals surface area contributed by atoms with Crippen molar-refractivity contribution in [2.24, 2.45) is 0 Å². The molecule has 1 aromatic heterocycles. The minimum Gasteiger partial charge on any atom is -0.491 e. The number of carbonyl (C=O) groups excluding carboxylic acids is 1. The second kappa shape index (κ2) is 18.0. The van der Waals surface area contributed by atoms with Gasteiger partial charge in [-0.15, -0.1) is 0 Å². The molecule has 0 spiro atoms. The Morgan fingerprint density at radius 1 is 0.936 bits per heavy atom. The number of nitrogens with zero attached hydrogens (tertiary/aromatic N) is 2. The van der Waals surface area contributed by atoms with Crippen LogP contribution in [0.15, 0.2) is 88.9 Å². The highest BCUT2D eigenvalue weighted by Crippen LogP contribution is 2.28. The van der Waals surface area contributed by atoms with Crippen LogP contribution >= 0.6 is 0 Å². The summed E-state index contributed by atoms with van der Waals surface area (Å²) >= 11 is 0. The van der Waals surface area contributed by atoms with E-state index in [4.69, 9.17) is 9.47 Å². The van der Waals surface area contributed by atoms with Gasteiger partial charge in [0.05, 0.1) is 51.7 Å². The number of rotatable bonds is 18. The number of ketones is 1. The zero-order valence-corrected chi connectivity index (χ0v) is 29.7. The Morgan fingerprint density at radius 3 is 2.34 bits per heavy atom.